The highest BCUT2D eigenvalue weighted by atomic mass is 35.5. The van der Waals surface area contributed by atoms with Crippen molar-refractivity contribution in [2.75, 3.05) is 13.1 Å². The van der Waals surface area contributed by atoms with Gasteiger partial charge in [-0.25, -0.2) is 0 Å². The van der Waals surface area contributed by atoms with Crippen LogP contribution in [0, 0.1) is 23.7 Å². The first-order valence-electron chi connectivity index (χ1n) is 7.28. The molecule has 2 saturated carbocycles. The fourth-order valence-electron chi connectivity index (χ4n) is 4.94. The van der Waals surface area contributed by atoms with Crippen molar-refractivity contribution in [3.8, 4) is 0 Å². The summed E-state index contributed by atoms with van der Waals surface area (Å²) in [6.07, 6.45) is 3.55. The van der Waals surface area contributed by atoms with Crippen LogP contribution in [-0.2, 0) is 9.59 Å². The quantitative estimate of drug-likeness (QED) is 0.682. The highest BCUT2D eigenvalue weighted by molar-refractivity contribution is 5.91. The van der Waals surface area contributed by atoms with Crippen LogP contribution in [0.4, 0.5) is 0 Å². The third kappa shape index (κ3) is 1.88. The lowest BCUT2D eigenvalue weighted by Crippen LogP contribution is -2.47. The first-order valence-corrected chi connectivity index (χ1v) is 7.28. The second-order valence-corrected chi connectivity index (χ2v) is 6.47. The van der Waals surface area contributed by atoms with Gasteiger partial charge in [-0.3, -0.25) is 14.9 Å². The standard InChI is InChI=1S/C14H20N2O2.ClH/c17-10-3-1-2-8-12-9-6-15-5-7(9)4-11(18)14(12)16-13(8)10;/h7-9,12-16H,1-6H2;1H. The van der Waals surface area contributed by atoms with E-state index in [1.807, 2.05) is 0 Å². The molecule has 0 radical (unpaired) electrons. The number of hydrogen-bond acceptors (Lipinski definition) is 4. The highest BCUT2D eigenvalue weighted by Gasteiger charge is 2.56. The van der Waals surface area contributed by atoms with Gasteiger partial charge in [0.05, 0.1) is 12.1 Å². The largest absolute Gasteiger partial charge is 0.316 e. The normalized spacial score (nSPS) is 48.2. The van der Waals surface area contributed by atoms with Crippen LogP contribution < -0.4 is 10.6 Å². The van der Waals surface area contributed by atoms with Crippen LogP contribution in [0.1, 0.15) is 25.7 Å². The molecule has 0 aromatic carbocycles. The van der Waals surface area contributed by atoms with Crippen molar-refractivity contribution in [1.29, 1.82) is 0 Å². The molecule has 0 spiro atoms. The SMILES string of the molecule is Cl.O=C1CCCC2C1NC1C(=O)CC3CNCC3C12. The predicted molar refractivity (Wildman–Crippen MR) is 73.3 cm³/mol. The van der Waals surface area contributed by atoms with Crippen LogP contribution >= 0.6 is 12.4 Å². The van der Waals surface area contributed by atoms with E-state index >= 15 is 0 Å². The van der Waals surface area contributed by atoms with Crippen LogP contribution in [-0.4, -0.2) is 36.7 Å². The number of hydrogen-bond donors (Lipinski definition) is 2. The van der Waals surface area contributed by atoms with E-state index in [2.05, 4.69) is 10.6 Å². The van der Waals surface area contributed by atoms with Crippen molar-refractivity contribution < 1.29 is 9.59 Å². The van der Waals surface area contributed by atoms with Gasteiger partial charge in [0.25, 0.3) is 0 Å². The van der Waals surface area contributed by atoms with Crippen LogP contribution in [0.15, 0.2) is 0 Å². The Labute approximate surface area is 119 Å². The molecule has 4 fully saturated rings. The van der Waals surface area contributed by atoms with Gasteiger partial charge >= 0.3 is 0 Å². The summed E-state index contributed by atoms with van der Waals surface area (Å²) in [5, 5.41) is 6.82. The summed E-state index contributed by atoms with van der Waals surface area (Å²) in [4.78, 5) is 24.3. The summed E-state index contributed by atoms with van der Waals surface area (Å²) in [6, 6.07) is -0.0414. The monoisotopic (exact) mass is 284 g/mol. The Hall–Kier alpha value is -0.450. The van der Waals surface area contributed by atoms with Crippen LogP contribution in [0.3, 0.4) is 0 Å². The molecule has 2 heterocycles. The number of carbonyl (C=O) groups is 2. The molecule has 4 aliphatic rings. The maximum atomic E-state index is 12.3. The number of halogens is 1. The summed E-state index contributed by atoms with van der Waals surface area (Å²) in [5.74, 6) is 2.67. The third-order valence-corrected chi connectivity index (χ3v) is 5.67. The van der Waals surface area contributed by atoms with Crippen LogP contribution in [0.2, 0.25) is 0 Å². The number of fused-ring (bicyclic) bond motifs is 5. The minimum Gasteiger partial charge on any atom is -0.316 e. The fraction of sp³-hybridized carbons (Fsp3) is 0.857. The maximum Gasteiger partial charge on any atom is 0.150 e. The molecule has 2 N–H and O–H groups in total. The number of Topliss-reactive ketones (excluding diaryl/α,β-unsaturated/α-hetero) is 2. The van der Waals surface area contributed by atoms with E-state index in [0.29, 0.717) is 48.1 Å². The van der Waals surface area contributed by atoms with Gasteiger partial charge in [0.15, 0.2) is 0 Å². The third-order valence-electron chi connectivity index (χ3n) is 5.67. The molecule has 19 heavy (non-hydrogen) atoms. The number of carbonyl (C=O) groups excluding carboxylic acids is 2. The molecule has 0 aromatic rings. The Morgan fingerprint density at radius 2 is 1.84 bits per heavy atom. The molecule has 4 rings (SSSR count). The molecule has 4 nitrogen and oxygen atoms in total. The van der Waals surface area contributed by atoms with Crippen molar-refractivity contribution in [2.45, 2.75) is 37.8 Å². The highest BCUT2D eigenvalue weighted by Crippen LogP contribution is 2.47. The summed E-state index contributed by atoms with van der Waals surface area (Å²) in [7, 11) is 0. The Kier molecular flexibility index (Phi) is 3.44. The van der Waals surface area contributed by atoms with E-state index < -0.39 is 0 Å². The lowest BCUT2D eigenvalue weighted by atomic mass is 9.64. The molecule has 2 aliphatic carbocycles. The minimum atomic E-state index is -0.0248. The molecule has 6 unspecified atom stereocenters. The molecule has 0 amide bonds. The molecule has 5 heteroatoms. The van der Waals surface area contributed by atoms with Gasteiger partial charge in [0, 0.05) is 12.8 Å². The summed E-state index contributed by atoms with van der Waals surface area (Å²) < 4.78 is 0. The Morgan fingerprint density at radius 3 is 2.68 bits per heavy atom. The second kappa shape index (κ2) is 4.83. The van der Waals surface area contributed by atoms with Gasteiger partial charge in [0.1, 0.15) is 11.6 Å². The van der Waals surface area contributed by atoms with Gasteiger partial charge in [-0.05, 0) is 49.6 Å². The predicted octanol–water partition coefficient (Wildman–Crippen LogP) is 0.542. The minimum absolute atomic E-state index is 0. The topological polar surface area (TPSA) is 58.2 Å². The van der Waals surface area contributed by atoms with E-state index in [1.165, 1.54) is 0 Å². The van der Waals surface area contributed by atoms with E-state index in [-0.39, 0.29) is 24.5 Å². The zero-order valence-corrected chi connectivity index (χ0v) is 11.7. The second-order valence-electron chi connectivity index (χ2n) is 6.47. The van der Waals surface area contributed by atoms with Crippen molar-refractivity contribution in [1.82, 2.24) is 10.6 Å². The molecule has 0 aromatic heterocycles. The van der Waals surface area contributed by atoms with Gasteiger partial charge < -0.3 is 5.32 Å². The van der Waals surface area contributed by atoms with E-state index in [0.717, 1.165) is 25.9 Å². The molecule has 0 bridgehead atoms. The van der Waals surface area contributed by atoms with Crippen LogP contribution in [0.25, 0.3) is 0 Å². The number of ketones is 2. The Bertz CT molecular complexity index is 414. The molecule has 106 valence electrons. The summed E-state index contributed by atoms with van der Waals surface area (Å²) >= 11 is 0. The molecule has 6 atom stereocenters. The Morgan fingerprint density at radius 1 is 1.00 bits per heavy atom. The first-order chi connectivity index (χ1) is 8.75. The zero-order chi connectivity index (χ0) is 12.3. The fourth-order valence-corrected chi connectivity index (χ4v) is 4.94. The summed E-state index contributed by atoms with van der Waals surface area (Å²) in [5.41, 5.74) is 0. The molecular formula is C14H21ClN2O2. The molecule has 2 aliphatic heterocycles. The van der Waals surface area contributed by atoms with Gasteiger partial charge in [0.2, 0.25) is 0 Å². The average Bonchev–Trinajstić information content (AvgIpc) is 2.93. The lowest BCUT2D eigenvalue weighted by Gasteiger charge is -2.37. The zero-order valence-electron chi connectivity index (χ0n) is 10.9. The van der Waals surface area contributed by atoms with Crippen molar-refractivity contribution in [3.05, 3.63) is 0 Å². The molecular weight excluding hydrogens is 264 g/mol. The molecule has 2 saturated heterocycles. The van der Waals surface area contributed by atoms with Crippen molar-refractivity contribution in [3.63, 3.8) is 0 Å². The lowest BCUT2D eigenvalue weighted by molar-refractivity contribution is -0.126. The van der Waals surface area contributed by atoms with Crippen LogP contribution in [0.5, 0.6) is 0 Å². The van der Waals surface area contributed by atoms with E-state index in [4.69, 9.17) is 0 Å². The average molecular weight is 285 g/mol. The Balaban J connectivity index is 0.00000110. The summed E-state index contributed by atoms with van der Waals surface area (Å²) in [6.45, 7) is 2.03. The van der Waals surface area contributed by atoms with Gasteiger partial charge in [-0.15, -0.1) is 12.4 Å². The first kappa shape index (κ1) is 13.5. The maximum absolute atomic E-state index is 12.3. The van der Waals surface area contributed by atoms with Crippen molar-refractivity contribution in [2.24, 2.45) is 23.7 Å². The number of nitrogens with one attached hydrogen (secondary N) is 2. The van der Waals surface area contributed by atoms with Gasteiger partial charge in [-0.1, -0.05) is 0 Å². The number of rotatable bonds is 0. The van der Waals surface area contributed by atoms with E-state index in [9.17, 15) is 9.59 Å². The van der Waals surface area contributed by atoms with E-state index in [1.54, 1.807) is 0 Å². The van der Waals surface area contributed by atoms with Crippen molar-refractivity contribution >= 4 is 24.0 Å². The smallest absolute Gasteiger partial charge is 0.150 e. The van der Waals surface area contributed by atoms with Gasteiger partial charge in [-0.2, -0.15) is 0 Å².